The van der Waals surface area contributed by atoms with Crippen molar-refractivity contribution >= 4 is 45.0 Å². The van der Waals surface area contributed by atoms with Gasteiger partial charge in [0.1, 0.15) is 5.41 Å². The Morgan fingerprint density at radius 3 is 2.65 bits per heavy atom. The predicted octanol–water partition coefficient (Wildman–Crippen LogP) is 3.35. The first-order valence-electron chi connectivity index (χ1n) is 6.24. The molecular formula is C13H15BrClN3O2. The van der Waals surface area contributed by atoms with Gasteiger partial charge in [0.25, 0.3) is 0 Å². The highest BCUT2D eigenvalue weighted by atomic mass is 79.9. The van der Waals surface area contributed by atoms with Crippen LogP contribution in [0.25, 0.3) is 0 Å². The molecule has 0 atom stereocenters. The lowest BCUT2D eigenvalue weighted by atomic mass is 9.83. The zero-order chi connectivity index (χ0) is 14.8. The van der Waals surface area contributed by atoms with Crippen molar-refractivity contribution in [3.63, 3.8) is 0 Å². The molecule has 0 unspecified atom stereocenters. The van der Waals surface area contributed by atoms with Crippen molar-refractivity contribution in [1.29, 1.82) is 0 Å². The second-order valence-electron chi connectivity index (χ2n) is 4.86. The van der Waals surface area contributed by atoms with E-state index in [0.29, 0.717) is 23.6 Å². The van der Waals surface area contributed by atoms with Crippen molar-refractivity contribution in [2.24, 2.45) is 16.3 Å². The molecule has 1 amide bonds. The number of oxime groups is 1. The summed E-state index contributed by atoms with van der Waals surface area (Å²) >= 11 is 9.28. The average molecular weight is 361 g/mol. The number of anilines is 1. The van der Waals surface area contributed by atoms with Crippen LogP contribution in [0.4, 0.5) is 5.69 Å². The van der Waals surface area contributed by atoms with Crippen molar-refractivity contribution in [2.75, 3.05) is 5.32 Å². The molecule has 1 saturated carbocycles. The van der Waals surface area contributed by atoms with E-state index in [0.717, 1.165) is 17.3 Å². The first-order valence-corrected chi connectivity index (χ1v) is 7.41. The maximum atomic E-state index is 12.5. The largest absolute Gasteiger partial charge is 0.409 e. The van der Waals surface area contributed by atoms with Gasteiger partial charge in [-0.3, -0.25) is 4.79 Å². The molecule has 0 bridgehead atoms. The average Bonchev–Trinajstić information content (AvgIpc) is 2.93. The first-order chi connectivity index (χ1) is 9.49. The second-order valence-corrected chi connectivity index (χ2v) is 6.12. The maximum Gasteiger partial charge on any atom is 0.238 e. The van der Waals surface area contributed by atoms with Gasteiger partial charge in [-0.2, -0.15) is 0 Å². The molecule has 1 aromatic carbocycles. The van der Waals surface area contributed by atoms with E-state index in [9.17, 15) is 4.79 Å². The molecule has 108 valence electrons. The van der Waals surface area contributed by atoms with Crippen molar-refractivity contribution in [3.05, 3.63) is 27.7 Å². The SMILES string of the molecule is N/C(=N/O)C1(C(=O)Nc2ccc(Br)c(Cl)c2)CCCC1. The van der Waals surface area contributed by atoms with Gasteiger partial charge in [-0.15, -0.1) is 0 Å². The van der Waals surface area contributed by atoms with E-state index in [1.54, 1.807) is 18.2 Å². The number of halogens is 2. The van der Waals surface area contributed by atoms with Gasteiger partial charge >= 0.3 is 0 Å². The predicted molar refractivity (Wildman–Crippen MR) is 82.1 cm³/mol. The Morgan fingerprint density at radius 2 is 2.10 bits per heavy atom. The van der Waals surface area contributed by atoms with Crippen molar-refractivity contribution < 1.29 is 10.0 Å². The summed E-state index contributed by atoms with van der Waals surface area (Å²) < 4.78 is 0.754. The molecule has 0 aromatic heterocycles. The fraction of sp³-hybridized carbons (Fsp3) is 0.385. The van der Waals surface area contributed by atoms with E-state index in [-0.39, 0.29) is 11.7 Å². The molecule has 4 N–H and O–H groups in total. The van der Waals surface area contributed by atoms with Crippen molar-refractivity contribution in [3.8, 4) is 0 Å². The molecule has 5 nitrogen and oxygen atoms in total. The van der Waals surface area contributed by atoms with E-state index >= 15 is 0 Å². The molecule has 1 fully saturated rings. The number of amides is 1. The van der Waals surface area contributed by atoms with Gasteiger partial charge < -0.3 is 16.3 Å². The quantitative estimate of drug-likeness (QED) is 0.334. The summed E-state index contributed by atoms with van der Waals surface area (Å²) in [6, 6.07) is 5.14. The highest BCUT2D eigenvalue weighted by Crippen LogP contribution is 2.39. The van der Waals surface area contributed by atoms with E-state index in [2.05, 4.69) is 26.4 Å². The maximum absolute atomic E-state index is 12.5. The molecular weight excluding hydrogens is 346 g/mol. The summed E-state index contributed by atoms with van der Waals surface area (Å²) in [5, 5.41) is 15.2. The highest BCUT2D eigenvalue weighted by Gasteiger charge is 2.45. The van der Waals surface area contributed by atoms with Crippen molar-refractivity contribution in [1.82, 2.24) is 0 Å². The minimum Gasteiger partial charge on any atom is -0.409 e. The van der Waals surface area contributed by atoms with Crippen LogP contribution in [0.5, 0.6) is 0 Å². The van der Waals surface area contributed by atoms with Gasteiger partial charge in [-0.25, -0.2) is 0 Å². The number of amidine groups is 1. The Morgan fingerprint density at radius 1 is 1.45 bits per heavy atom. The van der Waals surface area contributed by atoms with Crippen LogP contribution >= 0.6 is 27.5 Å². The summed E-state index contributed by atoms with van der Waals surface area (Å²) in [5.74, 6) is -0.292. The molecule has 2 rings (SSSR count). The molecule has 0 saturated heterocycles. The third-order valence-corrected chi connectivity index (χ3v) is 4.90. The summed E-state index contributed by atoms with van der Waals surface area (Å²) in [4.78, 5) is 12.5. The van der Waals surface area contributed by atoms with Crippen molar-refractivity contribution in [2.45, 2.75) is 25.7 Å². The molecule has 0 radical (unpaired) electrons. The Balaban J connectivity index is 2.23. The van der Waals surface area contributed by atoms with E-state index in [4.69, 9.17) is 22.5 Å². The van der Waals surface area contributed by atoms with Crippen LogP contribution < -0.4 is 11.1 Å². The topological polar surface area (TPSA) is 87.7 Å². The lowest BCUT2D eigenvalue weighted by Crippen LogP contribution is -2.45. The number of hydrogen-bond donors (Lipinski definition) is 3. The number of nitrogens with two attached hydrogens (primary N) is 1. The van der Waals surface area contributed by atoms with Gasteiger partial charge in [0.05, 0.1) is 5.02 Å². The molecule has 0 aliphatic heterocycles. The molecule has 1 aromatic rings. The van der Waals surface area contributed by atoms with E-state index < -0.39 is 5.41 Å². The molecule has 20 heavy (non-hydrogen) atoms. The zero-order valence-corrected chi connectivity index (χ0v) is 13.0. The van der Waals surface area contributed by atoms with Gasteiger partial charge in [-0.1, -0.05) is 29.6 Å². The summed E-state index contributed by atoms with van der Waals surface area (Å²) in [6.45, 7) is 0. The summed E-state index contributed by atoms with van der Waals surface area (Å²) in [7, 11) is 0. The van der Waals surface area contributed by atoms with Gasteiger partial charge in [-0.05, 0) is 47.0 Å². The molecule has 1 aliphatic carbocycles. The summed E-state index contributed by atoms with van der Waals surface area (Å²) in [6.07, 6.45) is 2.92. The normalized spacial score (nSPS) is 18.0. The number of benzene rings is 1. The van der Waals surface area contributed by atoms with E-state index in [1.807, 2.05) is 0 Å². The number of hydrogen-bond acceptors (Lipinski definition) is 3. The minimum absolute atomic E-state index is 0.0318. The smallest absolute Gasteiger partial charge is 0.238 e. The standard InChI is InChI=1S/C13H15BrClN3O2/c14-9-4-3-8(7-10(9)15)17-12(19)13(11(16)18-20)5-1-2-6-13/h3-4,7,20H,1-2,5-6H2,(H2,16,18)(H,17,19). The van der Waals surface area contributed by atoms with Crippen LogP contribution in [-0.4, -0.2) is 17.0 Å². The fourth-order valence-electron chi connectivity index (χ4n) is 2.50. The monoisotopic (exact) mass is 359 g/mol. The van der Waals surface area contributed by atoms with Gasteiger partial charge in [0, 0.05) is 10.2 Å². The lowest BCUT2D eigenvalue weighted by Gasteiger charge is -2.26. The van der Waals surface area contributed by atoms with E-state index in [1.165, 1.54) is 0 Å². The van der Waals surface area contributed by atoms with Gasteiger partial charge in [0.2, 0.25) is 5.91 Å². The Labute approximate surface area is 130 Å². The second kappa shape index (κ2) is 6.01. The van der Waals surface area contributed by atoms with Crippen LogP contribution in [0.2, 0.25) is 5.02 Å². The Hall–Kier alpha value is -1.27. The highest BCUT2D eigenvalue weighted by molar-refractivity contribution is 9.10. The number of carbonyl (C=O) groups is 1. The van der Waals surface area contributed by atoms with Crippen LogP contribution in [0.15, 0.2) is 27.8 Å². The third kappa shape index (κ3) is 2.76. The molecule has 0 spiro atoms. The summed E-state index contributed by atoms with van der Waals surface area (Å²) in [5.41, 5.74) is 5.39. The Kier molecular flexibility index (Phi) is 4.55. The third-order valence-electron chi connectivity index (χ3n) is 3.67. The van der Waals surface area contributed by atoms with Crippen LogP contribution in [-0.2, 0) is 4.79 Å². The van der Waals surface area contributed by atoms with Crippen LogP contribution in [0.3, 0.4) is 0 Å². The minimum atomic E-state index is -0.922. The number of carbonyl (C=O) groups excluding carboxylic acids is 1. The zero-order valence-electron chi connectivity index (χ0n) is 10.7. The molecule has 1 aliphatic rings. The first kappa shape index (κ1) is 15.1. The number of nitrogens with zero attached hydrogens (tertiary/aromatic N) is 1. The number of rotatable bonds is 3. The van der Waals surface area contributed by atoms with Crippen LogP contribution in [0, 0.1) is 5.41 Å². The Bertz CT molecular complexity index is 557. The van der Waals surface area contributed by atoms with Gasteiger partial charge in [0.15, 0.2) is 5.84 Å². The molecule has 0 heterocycles. The molecule has 7 heteroatoms. The van der Waals surface area contributed by atoms with Crippen LogP contribution in [0.1, 0.15) is 25.7 Å². The number of nitrogens with one attached hydrogen (secondary N) is 1. The fourth-order valence-corrected chi connectivity index (χ4v) is 2.93. The lowest BCUT2D eigenvalue weighted by molar-refractivity contribution is -0.122.